The number of phenols is 1. The van der Waals surface area contributed by atoms with Crippen molar-refractivity contribution in [1.29, 1.82) is 0 Å². The molecule has 1 aliphatic heterocycles. The Labute approximate surface area is 91.3 Å². The van der Waals surface area contributed by atoms with E-state index in [9.17, 15) is 5.11 Å². The molecule has 3 heteroatoms. The van der Waals surface area contributed by atoms with E-state index < -0.39 is 0 Å². The predicted octanol–water partition coefficient (Wildman–Crippen LogP) is 3.30. The lowest BCUT2D eigenvalue weighted by atomic mass is 10.0. The highest BCUT2D eigenvalue weighted by atomic mass is 79.9. The van der Waals surface area contributed by atoms with Gasteiger partial charge in [0.2, 0.25) is 0 Å². The number of hydrogen-bond acceptors (Lipinski definition) is 2. The van der Waals surface area contributed by atoms with Crippen molar-refractivity contribution in [2.24, 2.45) is 0 Å². The number of phenolic OH excluding ortho intramolecular Hbond substituents is 1. The molecule has 14 heavy (non-hydrogen) atoms. The van der Waals surface area contributed by atoms with E-state index in [4.69, 9.17) is 4.74 Å². The fourth-order valence-corrected chi connectivity index (χ4v) is 1.69. The van der Waals surface area contributed by atoms with Gasteiger partial charge in [-0.25, -0.2) is 0 Å². The zero-order valence-corrected chi connectivity index (χ0v) is 9.63. The lowest BCUT2D eigenvalue weighted by molar-refractivity contribution is 0.155. The number of rotatable bonds is 0. The fraction of sp³-hybridized carbons (Fsp3) is 0.273. The van der Waals surface area contributed by atoms with E-state index in [1.54, 1.807) is 12.1 Å². The Hall–Kier alpha value is -0.960. The SMILES string of the molecule is CC1(C)Oc2cc(O)ccc2C=C1Br. The molecule has 0 saturated carbocycles. The van der Waals surface area contributed by atoms with E-state index in [-0.39, 0.29) is 11.4 Å². The van der Waals surface area contributed by atoms with Crippen LogP contribution in [0.1, 0.15) is 19.4 Å². The highest BCUT2D eigenvalue weighted by Crippen LogP contribution is 2.39. The Kier molecular flexibility index (Phi) is 2.07. The van der Waals surface area contributed by atoms with Crippen LogP contribution in [0.4, 0.5) is 0 Å². The van der Waals surface area contributed by atoms with Crippen LogP contribution in [0.25, 0.3) is 6.08 Å². The van der Waals surface area contributed by atoms with Gasteiger partial charge in [-0.15, -0.1) is 0 Å². The maximum atomic E-state index is 9.31. The molecule has 0 atom stereocenters. The summed E-state index contributed by atoms with van der Waals surface area (Å²) in [6.07, 6.45) is 2.01. The largest absolute Gasteiger partial charge is 0.508 e. The van der Waals surface area contributed by atoms with Crippen molar-refractivity contribution in [2.45, 2.75) is 19.4 Å². The Morgan fingerprint density at radius 1 is 1.36 bits per heavy atom. The monoisotopic (exact) mass is 254 g/mol. The number of fused-ring (bicyclic) bond motifs is 1. The van der Waals surface area contributed by atoms with Gasteiger partial charge in [0.05, 0.1) is 0 Å². The molecule has 2 nitrogen and oxygen atoms in total. The summed E-state index contributed by atoms with van der Waals surface area (Å²) in [7, 11) is 0. The standard InChI is InChI=1S/C11H11BrO2/c1-11(2)10(12)5-7-3-4-8(13)6-9(7)14-11/h3-6,13H,1-2H3. The molecule has 1 aromatic rings. The van der Waals surface area contributed by atoms with Gasteiger partial charge in [-0.3, -0.25) is 0 Å². The molecule has 1 aliphatic rings. The van der Waals surface area contributed by atoms with Crippen molar-refractivity contribution in [3.63, 3.8) is 0 Å². The fourth-order valence-electron chi connectivity index (χ4n) is 1.36. The summed E-state index contributed by atoms with van der Waals surface area (Å²) in [5.41, 5.74) is 0.620. The lowest BCUT2D eigenvalue weighted by Gasteiger charge is -2.31. The van der Waals surface area contributed by atoms with Gasteiger partial charge in [-0.05, 0) is 32.1 Å². The predicted molar refractivity (Wildman–Crippen MR) is 59.7 cm³/mol. The van der Waals surface area contributed by atoms with Crippen LogP contribution in [0.5, 0.6) is 11.5 Å². The smallest absolute Gasteiger partial charge is 0.135 e. The van der Waals surface area contributed by atoms with Crippen LogP contribution in [0.3, 0.4) is 0 Å². The van der Waals surface area contributed by atoms with Gasteiger partial charge >= 0.3 is 0 Å². The molecule has 1 N–H and O–H groups in total. The second-order valence-corrected chi connectivity index (χ2v) is 4.68. The summed E-state index contributed by atoms with van der Waals surface area (Å²) in [5.74, 6) is 0.948. The maximum absolute atomic E-state index is 9.31. The van der Waals surface area contributed by atoms with Gasteiger partial charge in [0.25, 0.3) is 0 Å². The van der Waals surface area contributed by atoms with Crippen LogP contribution in [0.15, 0.2) is 22.7 Å². The van der Waals surface area contributed by atoms with Crippen LogP contribution in [-0.2, 0) is 0 Å². The van der Waals surface area contributed by atoms with Crippen molar-refractivity contribution >= 4 is 22.0 Å². The molecule has 0 fully saturated rings. The van der Waals surface area contributed by atoms with Crippen molar-refractivity contribution in [2.75, 3.05) is 0 Å². The second kappa shape index (κ2) is 3.02. The minimum Gasteiger partial charge on any atom is -0.508 e. The van der Waals surface area contributed by atoms with Gasteiger partial charge < -0.3 is 9.84 Å². The van der Waals surface area contributed by atoms with Crippen LogP contribution in [0, 0.1) is 0 Å². The number of benzene rings is 1. The first-order valence-corrected chi connectivity index (χ1v) is 5.18. The number of ether oxygens (including phenoxy) is 1. The molecule has 0 saturated heterocycles. The summed E-state index contributed by atoms with van der Waals surface area (Å²) < 4.78 is 6.74. The highest BCUT2D eigenvalue weighted by Gasteiger charge is 2.28. The topological polar surface area (TPSA) is 29.5 Å². The zero-order chi connectivity index (χ0) is 10.3. The number of halogens is 1. The average Bonchev–Trinajstić information content (AvgIpc) is 2.07. The molecule has 0 aliphatic carbocycles. The van der Waals surface area contributed by atoms with Crippen LogP contribution >= 0.6 is 15.9 Å². The molecule has 0 radical (unpaired) electrons. The molecule has 1 heterocycles. The van der Waals surface area contributed by atoms with Crippen molar-refractivity contribution in [3.05, 3.63) is 28.2 Å². The van der Waals surface area contributed by atoms with E-state index in [1.807, 2.05) is 26.0 Å². The normalized spacial score (nSPS) is 18.1. The summed E-state index contributed by atoms with van der Waals surface area (Å²) in [6, 6.07) is 5.12. The van der Waals surface area contributed by atoms with E-state index >= 15 is 0 Å². The minimum atomic E-state index is -0.360. The molecule has 0 unspecified atom stereocenters. The first-order chi connectivity index (χ1) is 6.49. The molecule has 1 aromatic carbocycles. The third-order valence-corrected chi connectivity index (χ3v) is 3.40. The van der Waals surface area contributed by atoms with Crippen molar-refractivity contribution in [3.8, 4) is 11.5 Å². The van der Waals surface area contributed by atoms with E-state index in [2.05, 4.69) is 15.9 Å². The van der Waals surface area contributed by atoms with E-state index in [0.717, 1.165) is 15.8 Å². The Balaban J connectivity index is 2.54. The average molecular weight is 255 g/mol. The second-order valence-electron chi connectivity index (χ2n) is 3.83. The molecular weight excluding hydrogens is 244 g/mol. The molecule has 0 aromatic heterocycles. The summed E-state index contributed by atoms with van der Waals surface area (Å²) >= 11 is 3.47. The van der Waals surface area contributed by atoms with Crippen LogP contribution in [0.2, 0.25) is 0 Å². The van der Waals surface area contributed by atoms with Crippen molar-refractivity contribution in [1.82, 2.24) is 0 Å². The van der Waals surface area contributed by atoms with E-state index in [1.165, 1.54) is 0 Å². The Morgan fingerprint density at radius 2 is 2.07 bits per heavy atom. The van der Waals surface area contributed by atoms with Gasteiger partial charge in [0, 0.05) is 16.1 Å². The van der Waals surface area contributed by atoms with Crippen LogP contribution < -0.4 is 4.74 Å². The Bertz CT molecular complexity index is 408. The molecule has 0 amide bonds. The lowest BCUT2D eigenvalue weighted by Crippen LogP contribution is -2.30. The molecule has 0 bridgehead atoms. The first-order valence-electron chi connectivity index (χ1n) is 4.39. The molecule has 2 rings (SSSR count). The van der Waals surface area contributed by atoms with Gasteiger partial charge in [-0.1, -0.05) is 15.9 Å². The Morgan fingerprint density at radius 3 is 2.79 bits per heavy atom. The van der Waals surface area contributed by atoms with Gasteiger partial charge in [-0.2, -0.15) is 0 Å². The number of aromatic hydroxyl groups is 1. The van der Waals surface area contributed by atoms with Gasteiger partial charge in [0.15, 0.2) is 0 Å². The maximum Gasteiger partial charge on any atom is 0.135 e. The molecule has 0 spiro atoms. The van der Waals surface area contributed by atoms with Crippen LogP contribution in [-0.4, -0.2) is 10.7 Å². The first kappa shape index (κ1) is 9.59. The highest BCUT2D eigenvalue weighted by molar-refractivity contribution is 9.11. The summed E-state index contributed by atoms with van der Waals surface area (Å²) in [4.78, 5) is 0. The number of hydrogen-bond donors (Lipinski definition) is 1. The summed E-state index contributed by atoms with van der Waals surface area (Å²) in [6.45, 7) is 3.95. The third-order valence-electron chi connectivity index (χ3n) is 2.22. The quantitative estimate of drug-likeness (QED) is 0.770. The zero-order valence-electron chi connectivity index (χ0n) is 8.04. The molecular formula is C11H11BrO2. The van der Waals surface area contributed by atoms with Crippen molar-refractivity contribution < 1.29 is 9.84 Å². The van der Waals surface area contributed by atoms with Gasteiger partial charge in [0.1, 0.15) is 17.1 Å². The molecule has 74 valence electrons. The third kappa shape index (κ3) is 1.52. The summed E-state index contributed by atoms with van der Waals surface area (Å²) in [5, 5.41) is 9.31. The minimum absolute atomic E-state index is 0.228. The van der Waals surface area contributed by atoms with E-state index in [0.29, 0.717) is 0 Å².